The van der Waals surface area contributed by atoms with Crippen molar-refractivity contribution in [1.29, 1.82) is 0 Å². The average molecular weight is 853 g/mol. The third-order valence-corrected chi connectivity index (χ3v) is 11.4. The molecule has 11 nitrogen and oxygen atoms in total. The number of rotatable bonds is 9. The number of anilines is 1. The van der Waals surface area contributed by atoms with Crippen molar-refractivity contribution in [3.63, 3.8) is 0 Å². The molecule has 1 heterocycles. The van der Waals surface area contributed by atoms with Crippen LogP contribution in [0.3, 0.4) is 0 Å². The number of halogens is 9. The number of carbonyl (C=O) groups is 1. The van der Waals surface area contributed by atoms with Crippen LogP contribution in [0.5, 0.6) is 0 Å². The van der Waals surface area contributed by atoms with Crippen molar-refractivity contribution in [2.75, 3.05) is 16.8 Å². The molecular weight excluding hydrogens is 824 g/mol. The van der Waals surface area contributed by atoms with Crippen molar-refractivity contribution in [2.45, 2.75) is 50.2 Å². The number of benzene rings is 3. The molecule has 2 aliphatic rings. The Balaban J connectivity index is 0.000000276. The van der Waals surface area contributed by atoms with Gasteiger partial charge < -0.3 is 13.8 Å². The molecule has 55 heavy (non-hydrogen) atoms. The van der Waals surface area contributed by atoms with Gasteiger partial charge in [0.15, 0.2) is 12.2 Å². The Hall–Kier alpha value is -4.19. The fraction of sp³-hybridized carbons (Fsp3) is 0.344. The summed E-state index contributed by atoms with van der Waals surface area (Å²) in [7, 11) is -11.8. The summed E-state index contributed by atoms with van der Waals surface area (Å²) in [5.41, 5.74) is -9.81. The number of hydrogen-bond donors (Lipinski definition) is 0. The standard InChI is InChI=1S/C24H24F3NO5S.C8H5F6NO4S2/c1-17-7-8-19-14-23(15-21(20(19)13-17)33-34(30,31)24(25,26)27)9-11-28(12-10-23)22(29)32-16-18-5-3-2-4-6-18;9-7(10,11)18-19-20-15(6-4-2-1-3-5-6)21(16,17)8(12,13)14/h2-8,13,15H,9-12,14,16H2,1H3;1-5H. The minimum Gasteiger partial charge on any atom is -0.445 e. The van der Waals surface area contributed by atoms with Crippen molar-refractivity contribution in [3.05, 3.63) is 107 Å². The Kier molecular flexibility index (Phi) is 13.4. The highest BCUT2D eigenvalue weighted by Gasteiger charge is 2.52. The van der Waals surface area contributed by atoms with E-state index in [-0.39, 0.29) is 12.4 Å². The lowest BCUT2D eigenvalue weighted by Crippen LogP contribution is -2.44. The van der Waals surface area contributed by atoms with E-state index in [0.717, 1.165) is 23.3 Å². The molecule has 0 bridgehead atoms. The average Bonchev–Trinajstić information content (AvgIpc) is 3.09. The number of fused-ring (bicyclic) bond motifs is 1. The van der Waals surface area contributed by atoms with E-state index in [1.807, 2.05) is 36.4 Å². The molecule has 23 heteroatoms. The van der Waals surface area contributed by atoms with Gasteiger partial charge in [-0.05, 0) is 67.0 Å². The molecule has 1 aliphatic carbocycles. The summed E-state index contributed by atoms with van der Waals surface area (Å²) in [6.07, 6.45) is -2.92. The molecule has 1 amide bonds. The largest absolute Gasteiger partial charge is 0.550 e. The van der Waals surface area contributed by atoms with Crippen molar-refractivity contribution >= 4 is 49.9 Å². The highest BCUT2D eigenvalue weighted by Crippen LogP contribution is 2.46. The number of hydrogen-bond acceptors (Lipinski definition) is 10. The first-order valence-corrected chi connectivity index (χ1v) is 19.0. The number of aryl methyl sites for hydroxylation is 1. The number of piperidine rings is 1. The van der Waals surface area contributed by atoms with Gasteiger partial charge in [-0.2, -0.15) is 46.9 Å². The summed E-state index contributed by atoms with van der Waals surface area (Å²) in [5, 5.41) is 0. The summed E-state index contributed by atoms with van der Waals surface area (Å²) in [6.45, 7) is 2.55. The molecule has 0 atom stereocenters. The molecule has 0 saturated carbocycles. The number of amides is 1. The van der Waals surface area contributed by atoms with E-state index >= 15 is 0 Å². The summed E-state index contributed by atoms with van der Waals surface area (Å²) in [4.78, 5) is 16.8. The Morgan fingerprint density at radius 1 is 0.836 bits per heavy atom. The maximum atomic E-state index is 13.0. The van der Waals surface area contributed by atoms with Gasteiger partial charge in [-0.25, -0.2) is 4.79 Å². The summed E-state index contributed by atoms with van der Waals surface area (Å²) in [6, 6.07) is 20.1. The fourth-order valence-corrected chi connectivity index (χ4v) is 7.38. The van der Waals surface area contributed by atoms with E-state index in [0.29, 0.717) is 43.5 Å². The van der Waals surface area contributed by atoms with Gasteiger partial charge in [0, 0.05) is 18.7 Å². The number of carbonyl (C=O) groups excluding carboxylic acids is 1. The van der Waals surface area contributed by atoms with Crippen LogP contribution in [0.25, 0.3) is 5.76 Å². The molecule has 1 aliphatic heterocycles. The lowest BCUT2D eigenvalue weighted by Gasteiger charge is -2.42. The third-order valence-electron chi connectivity index (χ3n) is 7.92. The van der Waals surface area contributed by atoms with E-state index in [1.165, 1.54) is 24.3 Å². The molecule has 302 valence electrons. The monoisotopic (exact) mass is 852 g/mol. The zero-order valence-electron chi connectivity index (χ0n) is 28.0. The number of nitrogens with zero attached hydrogens (tertiary/aromatic N) is 2. The van der Waals surface area contributed by atoms with E-state index in [2.05, 4.69) is 13.4 Å². The first kappa shape index (κ1) is 43.5. The van der Waals surface area contributed by atoms with Crippen LogP contribution in [0.1, 0.15) is 35.1 Å². The highest BCUT2D eigenvalue weighted by atomic mass is 32.3. The lowest BCUT2D eigenvalue weighted by molar-refractivity contribution is -0.440. The van der Waals surface area contributed by atoms with Crippen molar-refractivity contribution in [1.82, 2.24) is 4.90 Å². The maximum absolute atomic E-state index is 13.0. The van der Waals surface area contributed by atoms with E-state index in [9.17, 15) is 61.1 Å². The van der Waals surface area contributed by atoms with Gasteiger partial charge in [-0.3, -0.25) is 0 Å². The van der Waals surface area contributed by atoms with Gasteiger partial charge in [-0.15, -0.1) is 22.4 Å². The number of para-hydroxylation sites is 1. The second kappa shape index (κ2) is 16.9. The van der Waals surface area contributed by atoms with Crippen LogP contribution in [-0.2, 0) is 51.3 Å². The van der Waals surface area contributed by atoms with E-state index < -0.39 is 70.7 Å². The summed E-state index contributed by atoms with van der Waals surface area (Å²) >= 11 is -0.782. The minimum atomic E-state index is -5.99. The SMILES string of the molecule is Cc1ccc2c(c1)C(OS(=O)(=O)C(F)(F)F)=CC1(CCN(C(=O)OCc3ccccc3)CC1)C2.O=S(=O)(N(SOOC(F)(F)F)c1ccccc1)C(F)(F)F. The van der Waals surface area contributed by atoms with Crippen LogP contribution in [0.2, 0.25) is 0 Å². The number of ether oxygens (including phenoxy) is 1. The normalized spacial score (nSPS) is 16.0. The van der Waals surface area contributed by atoms with Crippen LogP contribution in [0.15, 0.2) is 84.9 Å². The predicted molar refractivity (Wildman–Crippen MR) is 178 cm³/mol. The van der Waals surface area contributed by atoms with Gasteiger partial charge in [-0.1, -0.05) is 66.2 Å². The quantitative estimate of drug-likeness (QED) is 0.0393. The summed E-state index contributed by atoms with van der Waals surface area (Å²) in [5.74, 6) is -0.317. The highest BCUT2D eigenvalue weighted by molar-refractivity contribution is 8.12. The Bertz CT molecular complexity index is 2040. The van der Waals surface area contributed by atoms with Crippen molar-refractivity contribution < 1.29 is 79.3 Å². The molecule has 3 aromatic carbocycles. The minimum absolute atomic E-state index is 0.140. The second-order valence-corrected chi connectivity index (χ2v) is 16.1. The predicted octanol–water partition coefficient (Wildman–Crippen LogP) is 8.55. The number of likely N-dealkylation sites (tertiary alicyclic amines) is 1. The van der Waals surface area contributed by atoms with Crippen molar-refractivity contribution in [3.8, 4) is 0 Å². The number of allylic oxidation sites excluding steroid dienone is 1. The molecule has 0 radical (unpaired) electrons. The molecule has 5 rings (SSSR count). The van der Waals surface area contributed by atoms with E-state index in [1.54, 1.807) is 24.0 Å². The van der Waals surface area contributed by atoms with Crippen LogP contribution >= 0.6 is 12.2 Å². The molecule has 1 fully saturated rings. The first-order valence-electron chi connectivity index (χ1n) is 15.5. The van der Waals surface area contributed by atoms with Gasteiger partial charge in [0.05, 0.1) is 5.69 Å². The van der Waals surface area contributed by atoms with Gasteiger partial charge in [0.1, 0.15) is 12.4 Å². The van der Waals surface area contributed by atoms with Crippen LogP contribution in [-0.4, -0.2) is 58.3 Å². The van der Waals surface area contributed by atoms with Gasteiger partial charge >= 0.3 is 43.6 Å². The Morgan fingerprint density at radius 2 is 1.42 bits per heavy atom. The Labute approximate surface area is 313 Å². The molecular formula is C32H29F9N2O9S3. The number of sulfonamides is 1. The smallest absolute Gasteiger partial charge is 0.445 e. The molecule has 1 saturated heterocycles. The van der Waals surface area contributed by atoms with Crippen LogP contribution < -0.4 is 3.71 Å². The number of alkyl halides is 9. The van der Waals surface area contributed by atoms with E-state index in [4.69, 9.17) is 4.74 Å². The van der Waals surface area contributed by atoms with Crippen molar-refractivity contribution in [2.24, 2.45) is 5.41 Å². The van der Waals surface area contributed by atoms with Gasteiger partial charge in [0.25, 0.3) is 0 Å². The zero-order valence-corrected chi connectivity index (χ0v) is 30.5. The molecule has 0 N–H and O–H groups in total. The van der Waals surface area contributed by atoms with Gasteiger partial charge in [0.2, 0.25) is 0 Å². The zero-order chi connectivity index (χ0) is 40.9. The molecule has 0 aromatic heterocycles. The summed E-state index contributed by atoms with van der Waals surface area (Å²) < 4.78 is 171. The third kappa shape index (κ3) is 11.4. The molecule has 3 aromatic rings. The maximum Gasteiger partial charge on any atom is 0.550 e. The van der Waals surface area contributed by atoms with Crippen LogP contribution in [0, 0.1) is 12.3 Å². The fourth-order valence-electron chi connectivity index (χ4n) is 5.31. The molecule has 0 unspecified atom stereocenters. The molecule has 1 spiro atoms. The first-order chi connectivity index (χ1) is 25.4. The lowest BCUT2D eigenvalue weighted by atomic mass is 9.69. The Morgan fingerprint density at radius 3 is 1.96 bits per heavy atom. The van der Waals surface area contributed by atoms with Crippen LogP contribution in [0.4, 0.5) is 50.0 Å². The second-order valence-electron chi connectivity index (χ2n) is 11.9. The topological polar surface area (TPSA) is 129 Å².